The Morgan fingerprint density at radius 1 is 1.57 bits per heavy atom. The number of nitrogens with one attached hydrogen (secondary N) is 1. The number of rotatable bonds is 6. The first-order chi connectivity index (χ1) is 9.85. The van der Waals surface area contributed by atoms with Crippen LogP contribution in [0.4, 0.5) is 11.5 Å². The highest BCUT2D eigenvalue weighted by molar-refractivity contribution is 5.93. The molecule has 0 unspecified atom stereocenters. The van der Waals surface area contributed by atoms with Crippen LogP contribution in [0, 0.1) is 10.1 Å². The van der Waals surface area contributed by atoms with Crippen molar-refractivity contribution < 1.29 is 14.8 Å². The van der Waals surface area contributed by atoms with Gasteiger partial charge in [0, 0.05) is 18.2 Å². The predicted octanol–water partition coefficient (Wildman–Crippen LogP) is 1.58. The van der Waals surface area contributed by atoms with Crippen molar-refractivity contribution in [2.45, 2.75) is 24.8 Å². The van der Waals surface area contributed by atoms with E-state index in [2.05, 4.69) is 15.2 Å². The van der Waals surface area contributed by atoms with E-state index in [9.17, 15) is 14.9 Å². The molecule has 1 fully saturated rings. The second-order valence-electron chi connectivity index (χ2n) is 5.48. The Morgan fingerprint density at radius 2 is 2.24 bits per heavy atom. The molecule has 1 aromatic rings. The molecule has 0 atom stereocenters. The van der Waals surface area contributed by atoms with Gasteiger partial charge in [-0.25, -0.2) is 9.78 Å². The third-order valence-corrected chi connectivity index (χ3v) is 4.13. The zero-order valence-electron chi connectivity index (χ0n) is 12.0. The van der Waals surface area contributed by atoms with Crippen molar-refractivity contribution in [2.24, 2.45) is 0 Å². The summed E-state index contributed by atoms with van der Waals surface area (Å²) in [5, 5.41) is 22.9. The minimum Gasteiger partial charge on any atom is -0.478 e. The normalized spacial score (nSPS) is 16.3. The van der Waals surface area contributed by atoms with Gasteiger partial charge in [-0.3, -0.25) is 10.1 Å². The Labute approximate surface area is 121 Å². The van der Waals surface area contributed by atoms with Gasteiger partial charge in [0.15, 0.2) is 0 Å². The largest absolute Gasteiger partial charge is 0.478 e. The van der Waals surface area contributed by atoms with E-state index < -0.39 is 10.9 Å². The summed E-state index contributed by atoms with van der Waals surface area (Å²) in [6.07, 6.45) is 4.27. The Kier molecular flexibility index (Phi) is 4.08. The van der Waals surface area contributed by atoms with Crippen LogP contribution in [-0.2, 0) is 0 Å². The number of pyridine rings is 1. The molecule has 2 N–H and O–H groups in total. The third kappa shape index (κ3) is 2.94. The van der Waals surface area contributed by atoms with Crippen LogP contribution < -0.4 is 5.32 Å². The van der Waals surface area contributed by atoms with E-state index in [4.69, 9.17) is 5.11 Å². The molecule has 0 spiro atoms. The number of hydrogen-bond donors (Lipinski definition) is 2. The van der Waals surface area contributed by atoms with Gasteiger partial charge in [-0.2, -0.15) is 0 Å². The molecule has 8 nitrogen and oxygen atoms in total. The summed E-state index contributed by atoms with van der Waals surface area (Å²) in [5.41, 5.74) is -0.513. The molecule has 8 heteroatoms. The molecule has 0 radical (unpaired) electrons. The van der Waals surface area contributed by atoms with Gasteiger partial charge in [0.1, 0.15) is 17.6 Å². The molecule has 1 saturated carbocycles. The minimum atomic E-state index is -1.23. The monoisotopic (exact) mass is 294 g/mol. The molecule has 0 saturated heterocycles. The van der Waals surface area contributed by atoms with Crippen LogP contribution in [0.5, 0.6) is 0 Å². The van der Waals surface area contributed by atoms with Gasteiger partial charge in [-0.1, -0.05) is 0 Å². The average molecular weight is 294 g/mol. The van der Waals surface area contributed by atoms with Crippen molar-refractivity contribution in [1.82, 2.24) is 9.88 Å². The number of carbonyl (C=O) groups is 1. The summed E-state index contributed by atoms with van der Waals surface area (Å²) in [7, 11) is 3.98. The molecule has 1 aromatic heterocycles. The zero-order chi connectivity index (χ0) is 15.6. The fourth-order valence-electron chi connectivity index (χ4n) is 2.47. The van der Waals surface area contributed by atoms with Crippen molar-refractivity contribution in [3.05, 3.63) is 27.9 Å². The fraction of sp³-hybridized carbons (Fsp3) is 0.538. The van der Waals surface area contributed by atoms with E-state index in [1.54, 1.807) is 0 Å². The lowest BCUT2D eigenvalue weighted by atomic mass is 9.75. The topological polar surface area (TPSA) is 109 Å². The number of aromatic nitrogens is 1. The SMILES string of the molecule is CN(C)C1(CNc2ncc([N+](=O)[O-])cc2C(=O)O)CCC1. The van der Waals surface area contributed by atoms with Gasteiger partial charge in [-0.15, -0.1) is 0 Å². The first kappa shape index (κ1) is 15.2. The molecule has 0 aromatic carbocycles. The standard InChI is InChI=1S/C13H18N4O4/c1-16(2)13(4-3-5-13)8-15-11-10(12(18)19)6-9(7-14-11)17(20)21/h6-7H,3-5,8H2,1-2H3,(H,14,15)(H,18,19). The maximum Gasteiger partial charge on any atom is 0.339 e. The number of nitro groups is 1. The Balaban J connectivity index is 2.20. The Morgan fingerprint density at radius 3 is 2.67 bits per heavy atom. The molecule has 1 aliphatic rings. The lowest BCUT2D eigenvalue weighted by Crippen LogP contribution is -2.54. The number of aromatic carboxylic acids is 1. The Hall–Kier alpha value is -2.22. The summed E-state index contributed by atoms with van der Waals surface area (Å²) in [5.74, 6) is -1.07. The van der Waals surface area contributed by atoms with Crippen molar-refractivity contribution in [3.8, 4) is 0 Å². The van der Waals surface area contributed by atoms with Crippen molar-refractivity contribution in [2.75, 3.05) is 26.0 Å². The summed E-state index contributed by atoms with van der Waals surface area (Å²) < 4.78 is 0. The van der Waals surface area contributed by atoms with Crippen LogP contribution >= 0.6 is 0 Å². The quantitative estimate of drug-likeness (QED) is 0.605. The molecular formula is C13H18N4O4. The van der Waals surface area contributed by atoms with Crippen LogP contribution in [-0.4, -0.2) is 52.1 Å². The van der Waals surface area contributed by atoms with Gasteiger partial charge in [0.05, 0.1) is 4.92 Å². The molecule has 2 rings (SSSR count). The van der Waals surface area contributed by atoms with Crippen LogP contribution in [0.25, 0.3) is 0 Å². The predicted molar refractivity (Wildman–Crippen MR) is 76.6 cm³/mol. The smallest absolute Gasteiger partial charge is 0.339 e. The third-order valence-electron chi connectivity index (χ3n) is 4.13. The number of likely N-dealkylation sites (N-methyl/N-ethyl adjacent to an activating group) is 1. The molecule has 1 aliphatic carbocycles. The average Bonchev–Trinajstić information content (AvgIpc) is 2.36. The van der Waals surface area contributed by atoms with E-state index in [0.29, 0.717) is 6.54 Å². The summed E-state index contributed by atoms with van der Waals surface area (Å²) >= 11 is 0. The molecule has 114 valence electrons. The highest BCUT2D eigenvalue weighted by atomic mass is 16.6. The van der Waals surface area contributed by atoms with E-state index >= 15 is 0 Å². The first-order valence-corrected chi connectivity index (χ1v) is 6.65. The highest BCUT2D eigenvalue weighted by Gasteiger charge is 2.39. The summed E-state index contributed by atoms with van der Waals surface area (Å²) in [6.45, 7) is 0.561. The van der Waals surface area contributed by atoms with Crippen LogP contribution in [0.1, 0.15) is 29.6 Å². The van der Waals surface area contributed by atoms with E-state index in [-0.39, 0.29) is 22.6 Å². The second-order valence-corrected chi connectivity index (χ2v) is 5.48. The minimum absolute atomic E-state index is 0.000766. The second kappa shape index (κ2) is 5.65. The number of anilines is 1. The molecule has 21 heavy (non-hydrogen) atoms. The van der Waals surface area contributed by atoms with E-state index in [1.165, 1.54) is 0 Å². The molecule has 0 aliphatic heterocycles. The maximum atomic E-state index is 11.2. The van der Waals surface area contributed by atoms with Gasteiger partial charge in [0.2, 0.25) is 0 Å². The Bertz CT molecular complexity index is 569. The lowest BCUT2D eigenvalue weighted by Gasteiger charge is -2.47. The van der Waals surface area contributed by atoms with Gasteiger partial charge < -0.3 is 15.3 Å². The van der Waals surface area contributed by atoms with Gasteiger partial charge in [-0.05, 0) is 33.4 Å². The summed E-state index contributed by atoms with van der Waals surface area (Å²) in [4.78, 5) is 27.3. The molecular weight excluding hydrogens is 276 g/mol. The number of carboxylic acids is 1. The zero-order valence-corrected chi connectivity index (χ0v) is 12.0. The van der Waals surface area contributed by atoms with Crippen LogP contribution in [0.2, 0.25) is 0 Å². The van der Waals surface area contributed by atoms with Crippen molar-refractivity contribution >= 4 is 17.5 Å². The molecule has 1 heterocycles. The molecule has 0 bridgehead atoms. The summed E-state index contributed by atoms with van der Waals surface area (Å²) in [6, 6.07) is 1.03. The lowest BCUT2D eigenvalue weighted by molar-refractivity contribution is -0.385. The molecule has 0 amide bonds. The fourth-order valence-corrected chi connectivity index (χ4v) is 2.47. The number of nitrogens with zero attached hydrogens (tertiary/aromatic N) is 3. The van der Waals surface area contributed by atoms with Gasteiger partial charge >= 0.3 is 5.97 Å². The number of hydrogen-bond acceptors (Lipinski definition) is 6. The van der Waals surface area contributed by atoms with Gasteiger partial charge in [0.25, 0.3) is 5.69 Å². The van der Waals surface area contributed by atoms with Crippen molar-refractivity contribution in [3.63, 3.8) is 0 Å². The van der Waals surface area contributed by atoms with Crippen LogP contribution in [0.3, 0.4) is 0 Å². The van der Waals surface area contributed by atoms with E-state index in [1.807, 2.05) is 14.1 Å². The number of carboxylic acid groups (broad SMARTS) is 1. The van der Waals surface area contributed by atoms with Crippen LogP contribution in [0.15, 0.2) is 12.3 Å². The first-order valence-electron chi connectivity index (χ1n) is 6.65. The highest BCUT2D eigenvalue weighted by Crippen LogP contribution is 2.36. The van der Waals surface area contributed by atoms with E-state index in [0.717, 1.165) is 31.5 Å². The maximum absolute atomic E-state index is 11.2. The van der Waals surface area contributed by atoms with Crippen molar-refractivity contribution in [1.29, 1.82) is 0 Å².